The lowest BCUT2D eigenvalue weighted by molar-refractivity contribution is 0.0904. The van der Waals surface area contributed by atoms with Gasteiger partial charge < -0.3 is 29.7 Å². The van der Waals surface area contributed by atoms with Crippen molar-refractivity contribution in [1.29, 1.82) is 0 Å². The molecule has 0 aliphatic heterocycles. The van der Waals surface area contributed by atoms with Crippen LogP contribution in [-0.4, -0.2) is 30.7 Å². The zero-order chi connectivity index (χ0) is 24.8. The number of oxazole rings is 1. The summed E-state index contributed by atoms with van der Waals surface area (Å²) in [5, 5.41) is 2.40. The zero-order valence-electron chi connectivity index (χ0n) is 18.7. The fourth-order valence-corrected chi connectivity index (χ4v) is 3.15. The second kappa shape index (κ2) is 10.6. The fourth-order valence-electron chi connectivity index (χ4n) is 3.15. The van der Waals surface area contributed by atoms with Gasteiger partial charge in [0.15, 0.2) is 29.1 Å². The minimum absolute atomic E-state index is 0.0146. The predicted molar refractivity (Wildman–Crippen MR) is 116 cm³/mol. The van der Waals surface area contributed by atoms with Gasteiger partial charge in [-0.3, -0.25) is 4.79 Å². The number of amides is 2. The summed E-state index contributed by atoms with van der Waals surface area (Å²) < 4.78 is 49.3. The lowest BCUT2D eigenvalue weighted by atomic mass is 10.2. The van der Waals surface area contributed by atoms with Gasteiger partial charge in [0.1, 0.15) is 11.6 Å². The molecule has 180 valence electrons. The van der Waals surface area contributed by atoms with Crippen LogP contribution in [0.5, 0.6) is 11.5 Å². The van der Waals surface area contributed by atoms with E-state index in [1.807, 2.05) is 0 Å². The first-order valence-corrected chi connectivity index (χ1v) is 10.2. The highest BCUT2D eigenvalue weighted by Gasteiger charge is 2.27. The lowest BCUT2D eigenvalue weighted by Crippen LogP contribution is -2.26. The van der Waals surface area contributed by atoms with Crippen LogP contribution in [0.2, 0.25) is 0 Å². The summed E-state index contributed by atoms with van der Waals surface area (Å²) in [6.07, 6.45) is -2.16. The van der Waals surface area contributed by atoms with Crippen LogP contribution >= 0.6 is 0 Å². The van der Waals surface area contributed by atoms with Gasteiger partial charge in [0.2, 0.25) is 5.89 Å². The number of halogens is 2. The molecule has 3 N–H and O–H groups in total. The van der Waals surface area contributed by atoms with Crippen molar-refractivity contribution in [1.82, 2.24) is 10.3 Å². The Morgan fingerprint density at radius 3 is 2.50 bits per heavy atom. The molecule has 2 amide bonds. The number of primary amides is 1. The van der Waals surface area contributed by atoms with E-state index in [4.69, 9.17) is 24.4 Å². The van der Waals surface area contributed by atoms with Gasteiger partial charge in [-0.2, -0.15) is 0 Å². The molecule has 1 unspecified atom stereocenters. The number of rotatable bonds is 9. The van der Waals surface area contributed by atoms with Crippen molar-refractivity contribution in [2.75, 3.05) is 13.7 Å². The molecule has 0 aliphatic carbocycles. The summed E-state index contributed by atoms with van der Waals surface area (Å²) >= 11 is 0. The van der Waals surface area contributed by atoms with Gasteiger partial charge in [-0.25, -0.2) is 18.6 Å². The molecular formula is C23H23F2N3O6. The number of hydrogen-bond donors (Lipinski definition) is 2. The van der Waals surface area contributed by atoms with E-state index in [1.54, 1.807) is 25.1 Å². The van der Waals surface area contributed by atoms with Gasteiger partial charge in [0, 0.05) is 17.7 Å². The van der Waals surface area contributed by atoms with Crippen LogP contribution < -0.4 is 20.5 Å². The Labute approximate surface area is 193 Å². The average molecular weight is 475 g/mol. The van der Waals surface area contributed by atoms with Gasteiger partial charge in [0.05, 0.1) is 13.7 Å². The van der Waals surface area contributed by atoms with Gasteiger partial charge in [0.25, 0.3) is 5.91 Å². The van der Waals surface area contributed by atoms with Crippen LogP contribution in [0.15, 0.2) is 40.8 Å². The van der Waals surface area contributed by atoms with E-state index in [9.17, 15) is 18.4 Å². The van der Waals surface area contributed by atoms with Crippen LogP contribution in [0.4, 0.5) is 13.6 Å². The molecule has 0 spiro atoms. The number of ether oxygens (including phenoxy) is 3. The maximum absolute atomic E-state index is 13.9. The Morgan fingerprint density at radius 2 is 1.88 bits per heavy atom. The molecule has 3 rings (SSSR count). The standard InChI is InChI=1S/C23H23F2N3O6/c1-4-32-18-10-13(8-9-17(18)31-3)22-28-19(20(34-22)12(2)33-23(26)30)21(29)27-11-14-15(24)6-5-7-16(14)25/h5-10,12H,4,11H2,1-3H3,(H2,26,30)(H,27,29). The fraction of sp³-hybridized carbons (Fsp3) is 0.261. The van der Waals surface area contributed by atoms with Crippen LogP contribution in [0, 0.1) is 11.6 Å². The highest BCUT2D eigenvalue weighted by atomic mass is 19.1. The molecule has 0 bridgehead atoms. The SMILES string of the molecule is CCOc1cc(-c2nc(C(=O)NCc3c(F)cccc3F)c(C(C)OC(N)=O)o2)ccc1OC. The van der Waals surface area contributed by atoms with Crippen molar-refractivity contribution >= 4 is 12.0 Å². The number of benzene rings is 2. The quantitative estimate of drug-likeness (QED) is 0.477. The monoisotopic (exact) mass is 475 g/mol. The Kier molecular flexibility index (Phi) is 7.67. The van der Waals surface area contributed by atoms with E-state index in [1.165, 1.54) is 20.1 Å². The van der Waals surface area contributed by atoms with Crippen LogP contribution in [-0.2, 0) is 11.3 Å². The van der Waals surface area contributed by atoms with E-state index in [0.717, 1.165) is 12.1 Å². The minimum atomic E-state index is -1.09. The number of nitrogens with zero attached hydrogens (tertiary/aromatic N) is 1. The van der Waals surface area contributed by atoms with Crippen molar-refractivity contribution in [2.45, 2.75) is 26.5 Å². The number of carbonyl (C=O) groups excluding carboxylic acids is 2. The molecule has 2 aromatic carbocycles. The maximum Gasteiger partial charge on any atom is 0.405 e. The van der Waals surface area contributed by atoms with E-state index in [0.29, 0.717) is 23.7 Å². The van der Waals surface area contributed by atoms with E-state index >= 15 is 0 Å². The highest BCUT2D eigenvalue weighted by Crippen LogP contribution is 2.34. The molecule has 0 saturated carbocycles. The average Bonchev–Trinajstić information content (AvgIpc) is 3.24. The molecule has 1 atom stereocenters. The summed E-state index contributed by atoms with van der Waals surface area (Å²) in [5.74, 6) is -1.61. The van der Waals surface area contributed by atoms with Gasteiger partial charge in [-0.1, -0.05) is 6.07 Å². The molecule has 0 saturated heterocycles. The van der Waals surface area contributed by atoms with Gasteiger partial charge in [-0.05, 0) is 44.2 Å². The summed E-state index contributed by atoms with van der Waals surface area (Å²) in [6, 6.07) is 8.24. The topological polar surface area (TPSA) is 126 Å². The summed E-state index contributed by atoms with van der Waals surface area (Å²) in [6.45, 7) is 3.17. The van der Waals surface area contributed by atoms with Gasteiger partial charge >= 0.3 is 6.09 Å². The Morgan fingerprint density at radius 1 is 1.18 bits per heavy atom. The third-order valence-electron chi connectivity index (χ3n) is 4.73. The lowest BCUT2D eigenvalue weighted by Gasteiger charge is -2.11. The van der Waals surface area contributed by atoms with Crippen molar-refractivity contribution in [3.63, 3.8) is 0 Å². The number of aromatic nitrogens is 1. The first-order valence-electron chi connectivity index (χ1n) is 10.2. The maximum atomic E-state index is 13.9. The summed E-state index contributed by atoms with van der Waals surface area (Å²) in [7, 11) is 1.49. The first kappa shape index (κ1) is 24.5. The molecule has 9 nitrogen and oxygen atoms in total. The van der Waals surface area contributed by atoms with E-state index in [2.05, 4.69) is 10.3 Å². The zero-order valence-corrected chi connectivity index (χ0v) is 18.7. The van der Waals surface area contributed by atoms with E-state index in [-0.39, 0.29) is 22.9 Å². The Bertz CT molecular complexity index is 1180. The van der Waals surface area contributed by atoms with Crippen LogP contribution in [0.25, 0.3) is 11.5 Å². The molecule has 0 aliphatic rings. The number of nitrogens with one attached hydrogen (secondary N) is 1. The van der Waals surface area contributed by atoms with Crippen LogP contribution in [0.1, 0.15) is 41.8 Å². The molecule has 3 aromatic rings. The number of nitrogens with two attached hydrogens (primary N) is 1. The Hall–Kier alpha value is -4.15. The van der Waals surface area contributed by atoms with Gasteiger partial charge in [-0.15, -0.1) is 0 Å². The normalized spacial score (nSPS) is 11.6. The minimum Gasteiger partial charge on any atom is -0.493 e. The molecular weight excluding hydrogens is 452 g/mol. The molecule has 1 heterocycles. The summed E-state index contributed by atoms with van der Waals surface area (Å²) in [5.41, 5.74) is 4.97. The number of carbonyl (C=O) groups is 2. The highest BCUT2D eigenvalue weighted by molar-refractivity contribution is 5.94. The Balaban J connectivity index is 1.96. The molecule has 0 radical (unpaired) electrons. The van der Waals surface area contributed by atoms with Crippen LogP contribution in [0.3, 0.4) is 0 Å². The van der Waals surface area contributed by atoms with Crippen molar-refractivity contribution < 1.29 is 37.0 Å². The number of hydrogen-bond acceptors (Lipinski definition) is 7. The molecule has 34 heavy (non-hydrogen) atoms. The molecule has 11 heteroatoms. The predicted octanol–water partition coefficient (Wildman–Crippen LogP) is 4.11. The van der Waals surface area contributed by atoms with Crippen molar-refractivity contribution in [3.8, 4) is 23.0 Å². The van der Waals surface area contributed by atoms with E-state index < -0.39 is 36.3 Å². The molecule has 1 aromatic heterocycles. The second-order valence-corrected chi connectivity index (χ2v) is 6.99. The smallest absolute Gasteiger partial charge is 0.405 e. The second-order valence-electron chi connectivity index (χ2n) is 6.99. The third kappa shape index (κ3) is 5.42. The van der Waals surface area contributed by atoms with Crippen molar-refractivity contribution in [2.24, 2.45) is 5.73 Å². The van der Waals surface area contributed by atoms with Crippen molar-refractivity contribution in [3.05, 3.63) is 65.1 Å². The number of methoxy groups -OCH3 is 1. The largest absolute Gasteiger partial charge is 0.493 e. The summed E-state index contributed by atoms with van der Waals surface area (Å²) in [4.78, 5) is 28.3. The first-order chi connectivity index (χ1) is 16.2. The third-order valence-corrected chi connectivity index (χ3v) is 4.73. The molecule has 0 fully saturated rings.